The second-order valence-corrected chi connectivity index (χ2v) is 8.51. The van der Waals surface area contributed by atoms with E-state index in [0.29, 0.717) is 27.8 Å². The van der Waals surface area contributed by atoms with E-state index in [0.717, 1.165) is 5.69 Å². The van der Waals surface area contributed by atoms with Gasteiger partial charge in [0.15, 0.2) is 17.7 Å². The van der Waals surface area contributed by atoms with Crippen molar-refractivity contribution in [3.63, 3.8) is 0 Å². The van der Waals surface area contributed by atoms with Crippen LogP contribution in [0, 0.1) is 0 Å². The van der Waals surface area contributed by atoms with Crippen LogP contribution in [-0.4, -0.2) is 57.5 Å². The van der Waals surface area contributed by atoms with E-state index in [-0.39, 0.29) is 6.54 Å². The summed E-state index contributed by atoms with van der Waals surface area (Å²) in [6.45, 7) is 2.01. The standard InChI is InChI=1S/C22H27ClN6O4/c1-22(21(31-3)32-4)20(30)19(16-11-14(24)7-10-17(16)33-22)29(12-18-25-27-28(2)26-18)15-8-5-13(23)6-9-15/h5-11,19-21,30H,12,24H2,1-4H3/t19-,20-,22+/m0/s1. The van der Waals surface area contributed by atoms with Crippen molar-refractivity contribution in [3.8, 4) is 5.75 Å². The third kappa shape index (κ3) is 4.34. The Balaban J connectivity index is 1.89. The van der Waals surface area contributed by atoms with Gasteiger partial charge in [0.2, 0.25) is 0 Å². The predicted octanol–water partition coefficient (Wildman–Crippen LogP) is 2.32. The van der Waals surface area contributed by atoms with E-state index in [1.807, 2.05) is 17.0 Å². The molecule has 4 rings (SSSR count). The zero-order valence-electron chi connectivity index (χ0n) is 18.8. The first kappa shape index (κ1) is 23.2. The largest absolute Gasteiger partial charge is 0.479 e. The van der Waals surface area contributed by atoms with Gasteiger partial charge in [0.1, 0.15) is 11.9 Å². The highest BCUT2D eigenvalue weighted by Crippen LogP contribution is 2.47. The Kier molecular flexibility index (Phi) is 6.44. The Hall–Kier alpha value is -2.92. The summed E-state index contributed by atoms with van der Waals surface area (Å²) in [4.78, 5) is 3.36. The summed E-state index contributed by atoms with van der Waals surface area (Å²) in [7, 11) is 4.70. The number of aromatic nitrogens is 4. The Bertz CT molecular complexity index is 1110. The Morgan fingerprint density at radius 3 is 2.55 bits per heavy atom. The average Bonchev–Trinajstić information content (AvgIpc) is 3.20. The molecule has 2 heterocycles. The van der Waals surface area contributed by atoms with E-state index in [1.54, 1.807) is 44.3 Å². The van der Waals surface area contributed by atoms with Crippen LogP contribution < -0.4 is 15.4 Å². The summed E-state index contributed by atoms with van der Waals surface area (Å²) in [6.07, 6.45) is -1.94. The van der Waals surface area contributed by atoms with Crippen molar-refractivity contribution < 1.29 is 19.3 Å². The molecule has 0 aliphatic carbocycles. The first-order valence-electron chi connectivity index (χ1n) is 10.3. The number of nitrogens with zero attached hydrogens (tertiary/aromatic N) is 5. The minimum absolute atomic E-state index is 0.256. The van der Waals surface area contributed by atoms with E-state index in [4.69, 9.17) is 31.5 Å². The van der Waals surface area contributed by atoms with Gasteiger partial charge in [-0.3, -0.25) is 0 Å². The number of hydrogen-bond acceptors (Lipinski definition) is 9. The van der Waals surface area contributed by atoms with Gasteiger partial charge in [-0.05, 0) is 54.6 Å². The highest BCUT2D eigenvalue weighted by molar-refractivity contribution is 6.30. The van der Waals surface area contributed by atoms with Crippen LogP contribution in [0.1, 0.15) is 24.4 Å². The summed E-state index contributed by atoms with van der Waals surface area (Å²) < 4.78 is 17.3. The second kappa shape index (κ2) is 9.14. The van der Waals surface area contributed by atoms with Gasteiger partial charge < -0.3 is 30.0 Å². The average molecular weight is 475 g/mol. The van der Waals surface area contributed by atoms with Crippen LogP contribution in [0.25, 0.3) is 0 Å². The molecule has 0 unspecified atom stereocenters. The molecule has 0 saturated heterocycles. The van der Waals surface area contributed by atoms with Crippen molar-refractivity contribution in [1.82, 2.24) is 20.2 Å². The number of ether oxygens (including phenoxy) is 3. The number of fused-ring (bicyclic) bond motifs is 1. The number of nitrogens with two attached hydrogens (primary N) is 1. The fourth-order valence-corrected chi connectivity index (χ4v) is 4.41. The zero-order valence-corrected chi connectivity index (χ0v) is 19.6. The van der Waals surface area contributed by atoms with E-state index in [1.165, 1.54) is 19.0 Å². The lowest BCUT2D eigenvalue weighted by Gasteiger charge is -2.49. The molecule has 33 heavy (non-hydrogen) atoms. The van der Waals surface area contributed by atoms with Gasteiger partial charge >= 0.3 is 0 Å². The molecule has 3 aromatic rings. The number of aliphatic hydroxyl groups excluding tert-OH is 1. The number of aryl methyl sites for hydroxylation is 1. The predicted molar refractivity (Wildman–Crippen MR) is 123 cm³/mol. The van der Waals surface area contributed by atoms with Crippen molar-refractivity contribution >= 4 is 23.0 Å². The first-order chi connectivity index (χ1) is 15.8. The van der Waals surface area contributed by atoms with Crippen molar-refractivity contribution in [3.05, 3.63) is 58.9 Å². The van der Waals surface area contributed by atoms with Gasteiger partial charge in [-0.1, -0.05) is 11.6 Å². The number of halogens is 1. The Morgan fingerprint density at radius 1 is 1.24 bits per heavy atom. The normalized spacial score (nSPS) is 22.2. The monoisotopic (exact) mass is 474 g/mol. The van der Waals surface area contributed by atoms with Crippen LogP contribution in [0.2, 0.25) is 5.02 Å². The maximum atomic E-state index is 11.8. The van der Waals surface area contributed by atoms with E-state index < -0.39 is 24.0 Å². The molecular formula is C22H27ClN6O4. The minimum atomic E-state index is -1.24. The molecule has 1 aliphatic heterocycles. The molecule has 11 heteroatoms. The quantitative estimate of drug-likeness (QED) is 0.392. The van der Waals surface area contributed by atoms with Crippen molar-refractivity contribution in [2.24, 2.45) is 7.05 Å². The first-order valence-corrected chi connectivity index (χ1v) is 10.7. The third-order valence-corrected chi connectivity index (χ3v) is 6.07. The minimum Gasteiger partial charge on any atom is -0.479 e. The molecule has 0 bridgehead atoms. The van der Waals surface area contributed by atoms with Crippen LogP contribution in [0.4, 0.5) is 11.4 Å². The molecule has 10 nitrogen and oxygen atoms in total. The fourth-order valence-electron chi connectivity index (χ4n) is 4.28. The molecule has 0 fully saturated rings. The summed E-state index contributed by atoms with van der Waals surface area (Å²) in [5.41, 5.74) is 6.93. The molecule has 1 aliphatic rings. The maximum Gasteiger partial charge on any atom is 0.199 e. The van der Waals surface area contributed by atoms with E-state index in [9.17, 15) is 5.11 Å². The molecule has 0 amide bonds. The number of rotatable bonds is 7. The number of anilines is 2. The van der Waals surface area contributed by atoms with Gasteiger partial charge in [-0.2, -0.15) is 4.80 Å². The summed E-state index contributed by atoms with van der Waals surface area (Å²) in [5, 5.41) is 24.8. The molecule has 0 radical (unpaired) electrons. The van der Waals surface area contributed by atoms with Crippen LogP contribution >= 0.6 is 11.6 Å². The number of nitrogen functional groups attached to an aromatic ring is 1. The Morgan fingerprint density at radius 2 is 1.94 bits per heavy atom. The smallest absolute Gasteiger partial charge is 0.199 e. The Labute approximate surface area is 196 Å². The lowest BCUT2D eigenvalue weighted by atomic mass is 9.83. The van der Waals surface area contributed by atoms with E-state index >= 15 is 0 Å². The number of methoxy groups -OCH3 is 2. The fraction of sp³-hybridized carbons (Fsp3) is 0.409. The van der Waals surface area contributed by atoms with Gasteiger partial charge in [0.05, 0.1) is 19.6 Å². The topological polar surface area (TPSA) is 121 Å². The molecule has 0 spiro atoms. The van der Waals surface area contributed by atoms with Gasteiger partial charge in [-0.25, -0.2) is 0 Å². The SMILES string of the molecule is COC(OC)[C@]1(C)Oc2ccc(N)cc2[C@H](N(Cc2nnn(C)n2)c2ccc(Cl)cc2)[C@@H]1O. The van der Waals surface area contributed by atoms with Crippen molar-refractivity contribution in [2.75, 3.05) is 24.9 Å². The number of tetrazole rings is 1. The highest BCUT2D eigenvalue weighted by Gasteiger charge is 2.54. The summed E-state index contributed by atoms with van der Waals surface area (Å²) in [6, 6.07) is 12.0. The number of benzene rings is 2. The summed E-state index contributed by atoms with van der Waals surface area (Å²) >= 11 is 6.15. The molecule has 3 atom stereocenters. The lowest BCUT2D eigenvalue weighted by Crippen LogP contribution is -2.62. The van der Waals surface area contributed by atoms with Crippen LogP contribution in [0.5, 0.6) is 5.75 Å². The number of aliphatic hydroxyl groups is 1. The van der Waals surface area contributed by atoms with Crippen LogP contribution in [0.15, 0.2) is 42.5 Å². The van der Waals surface area contributed by atoms with Crippen molar-refractivity contribution in [2.45, 2.75) is 37.5 Å². The summed E-state index contributed by atoms with van der Waals surface area (Å²) in [5.74, 6) is 1.04. The molecule has 1 aromatic heterocycles. The maximum absolute atomic E-state index is 11.8. The molecule has 0 saturated carbocycles. The third-order valence-electron chi connectivity index (χ3n) is 5.82. The molecular weight excluding hydrogens is 448 g/mol. The van der Waals surface area contributed by atoms with Crippen LogP contribution in [-0.2, 0) is 23.1 Å². The molecule has 176 valence electrons. The lowest BCUT2D eigenvalue weighted by molar-refractivity contribution is -0.237. The van der Waals surface area contributed by atoms with E-state index in [2.05, 4.69) is 15.4 Å². The molecule has 3 N–H and O–H groups in total. The van der Waals surface area contributed by atoms with Crippen LogP contribution in [0.3, 0.4) is 0 Å². The van der Waals surface area contributed by atoms with Crippen molar-refractivity contribution in [1.29, 1.82) is 0 Å². The zero-order chi connectivity index (χ0) is 23.8. The van der Waals surface area contributed by atoms with Gasteiger partial charge in [-0.15, -0.1) is 10.2 Å². The van der Waals surface area contributed by atoms with Gasteiger partial charge in [0.25, 0.3) is 0 Å². The highest BCUT2D eigenvalue weighted by atomic mass is 35.5. The van der Waals surface area contributed by atoms with Gasteiger partial charge in [0, 0.05) is 36.2 Å². The number of hydrogen-bond donors (Lipinski definition) is 2. The molecule has 2 aromatic carbocycles. The second-order valence-electron chi connectivity index (χ2n) is 8.08.